The Bertz CT molecular complexity index is 267. The summed E-state index contributed by atoms with van der Waals surface area (Å²) in [6, 6.07) is 0.503. The second-order valence-electron chi connectivity index (χ2n) is 3.77. The third kappa shape index (κ3) is 2.31. The van der Waals surface area contributed by atoms with Crippen LogP contribution >= 0.6 is 0 Å². The molecule has 2 fully saturated rings. The third-order valence-corrected chi connectivity index (χ3v) is 4.09. The molecule has 5 nitrogen and oxygen atoms in total. The lowest BCUT2D eigenvalue weighted by Crippen LogP contribution is -2.48. The van der Waals surface area contributed by atoms with Crippen molar-refractivity contribution in [2.75, 3.05) is 25.5 Å². The Morgan fingerprint density at radius 3 is 2.64 bits per heavy atom. The summed E-state index contributed by atoms with van der Waals surface area (Å²) < 4.78 is 13.7. The zero-order valence-electron chi connectivity index (χ0n) is 7.89. The molecule has 0 radical (unpaired) electrons. The lowest BCUT2D eigenvalue weighted by Gasteiger charge is -2.32. The van der Waals surface area contributed by atoms with E-state index in [2.05, 4.69) is 0 Å². The highest BCUT2D eigenvalue weighted by molar-refractivity contribution is 7.82. The van der Waals surface area contributed by atoms with Gasteiger partial charge in [-0.1, -0.05) is 0 Å². The number of aliphatic carboxylic acids is 1. The lowest BCUT2D eigenvalue weighted by atomic mass is 10.5. The molecule has 2 aliphatic rings. The maximum atomic E-state index is 11.7. The highest BCUT2D eigenvalue weighted by Gasteiger charge is 2.36. The third-order valence-electron chi connectivity index (χ3n) is 2.50. The first-order chi connectivity index (χ1) is 6.66. The van der Waals surface area contributed by atoms with E-state index in [0.717, 1.165) is 19.4 Å². The normalized spacial score (nSPS) is 30.4. The molecule has 0 aromatic rings. The van der Waals surface area contributed by atoms with Crippen molar-refractivity contribution in [2.24, 2.45) is 0 Å². The summed E-state index contributed by atoms with van der Waals surface area (Å²) in [6.07, 6.45) is 2.29. The number of hydrogen-bond donors (Lipinski definition) is 1. The molecule has 0 amide bonds. The van der Waals surface area contributed by atoms with Crippen LogP contribution in [0.25, 0.3) is 0 Å². The van der Waals surface area contributed by atoms with Crippen LogP contribution in [0, 0.1) is 0 Å². The van der Waals surface area contributed by atoms with Crippen molar-refractivity contribution in [1.29, 1.82) is 0 Å². The van der Waals surface area contributed by atoms with Crippen LogP contribution in [0.1, 0.15) is 12.8 Å². The van der Waals surface area contributed by atoms with E-state index in [4.69, 9.17) is 5.11 Å². The van der Waals surface area contributed by atoms with E-state index in [1.807, 2.05) is 4.31 Å². The average molecular weight is 218 g/mol. The van der Waals surface area contributed by atoms with Crippen LogP contribution in [-0.4, -0.2) is 56.0 Å². The largest absolute Gasteiger partial charge is 0.480 e. The quantitative estimate of drug-likeness (QED) is 0.692. The molecule has 2 rings (SSSR count). The molecule has 14 heavy (non-hydrogen) atoms. The van der Waals surface area contributed by atoms with Crippen molar-refractivity contribution in [2.45, 2.75) is 18.9 Å². The number of nitrogens with zero attached hydrogens (tertiary/aromatic N) is 2. The van der Waals surface area contributed by atoms with Crippen molar-refractivity contribution >= 4 is 17.0 Å². The van der Waals surface area contributed by atoms with E-state index < -0.39 is 17.0 Å². The van der Waals surface area contributed by atoms with Gasteiger partial charge in [0.2, 0.25) is 0 Å². The van der Waals surface area contributed by atoms with Gasteiger partial charge in [-0.25, -0.2) is 8.51 Å². The van der Waals surface area contributed by atoms with E-state index >= 15 is 0 Å². The van der Waals surface area contributed by atoms with E-state index in [0.29, 0.717) is 18.5 Å². The van der Waals surface area contributed by atoms with Gasteiger partial charge in [0.25, 0.3) is 0 Å². The molecule has 1 unspecified atom stereocenters. The Morgan fingerprint density at radius 1 is 1.43 bits per heavy atom. The van der Waals surface area contributed by atoms with Gasteiger partial charge in [-0.05, 0) is 12.8 Å². The molecule has 80 valence electrons. The van der Waals surface area contributed by atoms with Crippen LogP contribution in [0.3, 0.4) is 0 Å². The molecule has 1 N–H and O–H groups in total. The molecule has 0 bridgehead atoms. The summed E-state index contributed by atoms with van der Waals surface area (Å²) >= 11 is 0. The Labute approximate surface area is 85.3 Å². The molecule has 0 spiro atoms. The second kappa shape index (κ2) is 3.96. The standard InChI is InChI=1S/C8H14N2O3S/c11-8(12)5-9-3-4-10(7-1-2-7)14(13)6-9/h7H,1-6H2,(H,11,12). The number of carboxylic acid groups (broad SMARTS) is 1. The second-order valence-corrected chi connectivity index (χ2v) is 5.14. The number of rotatable bonds is 3. The lowest BCUT2D eigenvalue weighted by molar-refractivity contribution is -0.138. The van der Waals surface area contributed by atoms with Gasteiger partial charge in [0.15, 0.2) is 0 Å². The van der Waals surface area contributed by atoms with Crippen molar-refractivity contribution in [1.82, 2.24) is 9.21 Å². The van der Waals surface area contributed by atoms with Gasteiger partial charge in [0.05, 0.1) is 12.4 Å². The summed E-state index contributed by atoms with van der Waals surface area (Å²) in [7, 11) is -0.996. The van der Waals surface area contributed by atoms with Gasteiger partial charge in [0.1, 0.15) is 11.0 Å². The van der Waals surface area contributed by atoms with Crippen LogP contribution in [0.5, 0.6) is 0 Å². The average Bonchev–Trinajstić information content (AvgIpc) is 2.86. The predicted octanol–water partition coefficient (Wildman–Crippen LogP) is -0.528. The van der Waals surface area contributed by atoms with Crippen molar-refractivity contribution < 1.29 is 14.1 Å². The van der Waals surface area contributed by atoms with Gasteiger partial charge < -0.3 is 5.11 Å². The Balaban J connectivity index is 1.85. The van der Waals surface area contributed by atoms with Crippen molar-refractivity contribution in [3.05, 3.63) is 0 Å². The SMILES string of the molecule is O=C(O)CN1CCN(C2CC2)S(=O)C1. The van der Waals surface area contributed by atoms with Crippen LogP contribution in [-0.2, 0) is 15.8 Å². The maximum Gasteiger partial charge on any atom is 0.317 e. The van der Waals surface area contributed by atoms with Gasteiger partial charge in [-0.3, -0.25) is 9.69 Å². The van der Waals surface area contributed by atoms with Gasteiger partial charge in [0, 0.05) is 19.1 Å². The number of carboxylic acids is 1. The Morgan fingerprint density at radius 2 is 2.14 bits per heavy atom. The smallest absolute Gasteiger partial charge is 0.317 e. The van der Waals surface area contributed by atoms with Crippen molar-refractivity contribution in [3.8, 4) is 0 Å². The molecular weight excluding hydrogens is 204 g/mol. The Kier molecular flexibility index (Phi) is 2.85. The van der Waals surface area contributed by atoms with Crippen LogP contribution < -0.4 is 0 Å². The summed E-state index contributed by atoms with van der Waals surface area (Å²) in [6.45, 7) is 1.46. The minimum atomic E-state index is -0.996. The molecular formula is C8H14N2O3S. The highest BCUT2D eigenvalue weighted by atomic mass is 32.2. The first-order valence-electron chi connectivity index (χ1n) is 4.76. The van der Waals surface area contributed by atoms with E-state index in [-0.39, 0.29) is 6.54 Å². The van der Waals surface area contributed by atoms with Crippen LogP contribution in [0.2, 0.25) is 0 Å². The van der Waals surface area contributed by atoms with E-state index in [1.54, 1.807) is 4.90 Å². The fourth-order valence-electron chi connectivity index (χ4n) is 1.66. The summed E-state index contributed by atoms with van der Waals surface area (Å²) in [5.74, 6) is -0.468. The van der Waals surface area contributed by atoms with Gasteiger partial charge in [-0.15, -0.1) is 0 Å². The number of hydrogen-bond acceptors (Lipinski definition) is 3. The molecule has 1 saturated carbocycles. The summed E-state index contributed by atoms with van der Waals surface area (Å²) in [5, 5.41) is 8.59. The predicted molar refractivity (Wildman–Crippen MR) is 51.9 cm³/mol. The Hall–Kier alpha value is -0.460. The molecule has 1 saturated heterocycles. The van der Waals surface area contributed by atoms with Crippen LogP contribution in [0.15, 0.2) is 0 Å². The van der Waals surface area contributed by atoms with Gasteiger partial charge >= 0.3 is 5.97 Å². The van der Waals surface area contributed by atoms with Crippen molar-refractivity contribution in [3.63, 3.8) is 0 Å². The maximum absolute atomic E-state index is 11.7. The minimum absolute atomic E-state index is 0.00421. The summed E-state index contributed by atoms with van der Waals surface area (Å²) in [4.78, 5) is 12.2. The first kappa shape index (κ1) is 10.1. The van der Waals surface area contributed by atoms with E-state index in [1.165, 1.54) is 0 Å². The topological polar surface area (TPSA) is 60.9 Å². The highest BCUT2D eigenvalue weighted by Crippen LogP contribution is 2.29. The molecule has 1 aliphatic carbocycles. The molecule has 0 aromatic carbocycles. The first-order valence-corrected chi connectivity index (χ1v) is 6.03. The fourth-order valence-corrected chi connectivity index (χ4v) is 3.17. The summed E-state index contributed by atoms with van der Waals surface area (Å²) in [5.41, 5.74) is 0. The monoisotopic (exact) mass is 218 g/mol. The molecule has 0 aromatic heterocycles. The van der Waals surface area contributed by atoms with Crippen LogP contribution in [0.4, 0.5) is 0 Å². The zero-order valence-corrected chi connectivity index (χ0v) is 8.70. The fraction of sp³-hybridized carbons (Fsp3) is 0.875. The van der Waals surface area contributed by atoms with Gasteiger partial charge in [-0.2, -0.15) is 0 Å². The minimum Gasteiger partial charge on any atom is -0.480 e. The van der Waals surface area contributed by atoms with E-state index in [9.17, 15) is 9.00 Å². The number of carbonyl (C=O) groups is 1. The molecule has 6 heteroatoms. The molecule has 1 atom stereocenters. The molecule has 1 heterocycles. The zero-order chi connectivity index (χ0) is 10.1. The molecule has 1 aliphatic heterocycles.